The number of piperazine rings is 1. The third-order valence-corrected chi connectivity index (χ3v) is 3.54. The van der Waals surface area contributed by atoms with Gasteiger partial charge < -0.3 is 4.90 Å². The molecule has 1 aromatic carbocycles. The zero-order valence-electron chi connectivity index (χ0n) is 9.26. The van der Waals surface area contributed by atoms with Crippen molar-refractivity contribution in [3.63, 3.8) is 0 Å². The smallest absolute Gasteiger partial charge is 0.254 e. The third kappa shape index (κ3) is 1.37. The minimum absolute atomic E-state index is 0.0857. The van der Waals surface area contributed by atoms with E-state index in [2.05, 4.69) is 0 Å². The molecule has 17 heavy (non-hydrogen) atoms. The molecule has 0 radical (unpaired) electrons. The van der Waals surface area contributed by atoms with Crippen molar-refractivity contribution in [1.29, 1.82) is 0 Å². The number of fused-ring (bicyclic) bond motifs is 1. The van der Waals surface area contributed by atoms with E-state index < -0.39 is 0 Å². The number of benzene rings is 1. The van der Waals surface area contributed by atoms with E-state index in [0.717, 1.165) is 5.69 Å². The number of carbonyl (C=O) groups is 2. The maximum Gasteiger partial charge on any atom is 0.254 e. The van der Waals surface area contributed by atoms with E-state index in [4.69, 9.17) is 11.6 Å². The van der Waals surface area contributed by atoms with Crippen LogP contribution in [0.1, 0.15) is 6.92 Å². The topological polar surface area (TPSA) is 40.4 Å². The molecule has 2 atom stereocenters. The Hall–Kier alpha value is -1.55. The van der Waals surface area contributed by atoms with Gasteiger partial charge in [0.25, 0.3) is 11.8 Å². The van der Waals surface area contributed by atoms with Gasteiger partial charge >= 0.3 is 0 Å². The zero-order chi connectivity index (χ0) is 12.2. The molecule has 0 spiro atoms. The maximum absolute atomic E-state index is 11.9. The molecule has 1 aromatic rings. The Labute approximate surface area is 104 Å². The Kier molecular flexibility index (Phi) is 2.16. The van der Waals surface area contributed by atoms with Crippen molar-refractivity contribution >= 4 is 29.1 Å². The number of imide groups is 1. The van der Waals surface area contributed by atoms with Crippen molar-refractivity contribution < 1.29 is 9.59 Å². The second kappa shape index (κ2) is 3.47. The van der Waals surface area contributed by atoms with Gasteiger partial charge in [-0.1, -0.05) is 11.6 Å². The molecule has 0 N–H and O–H groups in total. The van der Waals surface area contributed by atoms with Gasteiger partial charge in [-0.25, -0.2) is 0 Å². The van der Waals surface area contributed by atoms with Crippen LogP contribution in [0.4, 0.5) is 5.69 Å². The molecule has 3 rings (SSSR count). The molecular weight excluding hydrogens is 240 g/mol. The number of carbonyl (C=O) groups excluding carboxylic acids is 2. The lowest BCUT2D eigenvalue weighted by Gasteiger charge is -2.17. The van der Waals surface area contributed by atoms with Crippen molar-refractivity contribution in [1.82, 2.24) is 4.90 Å². The summed E-state index contributed by atoms with van der Waals surface area (Å²) in [6.07, 6.45) is 0. The molecule has 4 nitrogen and oxygen atoms in total. The number of nitrogens with zero attached hydrogens (tertiary/aromatic N) is 2. The lowest BCUT2D eigenvalue weighted by molar-refractivity contribution is -0.139. The first-order valence-electron chi connectivity index (χ1n) is 5.54. The second-order valence-corrected chi connectivity index (χ2v) is 4.63. The van der Waals surface area contributed by atoms with Crippen molar-refractivity contribution in [2.24, 2.45) is 0 Å². The Morgan fingerprint density at radius 2 is 1.65 bits per heavy atom. The van der Waals surface area contributed by atoms with Gasteiger partial charge in [-0.05, 0) is 31.2 Å². The summed E-state index contributed by atoms with van der Waals surface area (Å²) in [6, 6.07) is 6.61. The fourth-order valence-corrected chi connectivity index (χ4v) is 2.54. The summed E-state index contributed by atoms with van der Waals surface area (Å²) in [6.45, 7) is 2.27. The summed E-state index contributed by atoms with van der Waals surface area (Å²) in [5.74, 6) is -0.171. The molecule has 2 aliphatic heterocycles. The van der Waals surface area contributed by atoms with Crippen LogP contribution in [0.15, 0.2) is 24.3 Å². The Morgan fingerprint density at radius 3 is 2.12 bits per heavy atom. The largest absolute Gasteiger partial charge is 0.343 e. The average Bonchev–Trinajstić information content (AvgIpc) is 2.99. The van der Waals surface area contributed by atoms with Crippen LogP contribution in [-0.4, -0.2) is 35.3 Å². The molecule has 2 unspecified atom stereocenters. The number of likely N-dealkylation sites (tertiary alicyclic amines) is 1. The predicted molar refractivity (Wildman–Crippen MR) is 63.9 cm³/mol. The van der Waals surface area contributed by atoms with Crippen LogP contribution in [0.5, 0.6) is 0 Å². The molecule has 2 fully saturated rings. The van der Waals surface area contributed by atoms with E-state index in [1.807, 2.05) is 24.0 Å². The maximum atomic E-state index is 11.9. The number of hydrogen-bond donors (Lipinski definition) is 0. The van der Waals surface area contributed by atoms with Gasteiger partial charge in [-0.2, -0.15) is 0 Å². The molecule has 0 bridgehead atoms. The summed E-state index contributed by atoms with van der Waals surface area (Å²) in [5, 5.41) is 0.647. The molecule has 5 heteroatoms. The number of amides is 2. The lowest BCUT2D eigenvalue weighted by atomic mass is 10.3. The molecule has 88 valence electrons. The van der Waals surface area contributed by atoms with Crippen LogP contribution in [0.25, 0.3) is 0 Å². The van der Waals surface area contributed by atoms with Crippen LogP contribution >= 0.6 is 11.6 Å². The number of likely N-dealkylation sites (N-methyl/N-ethyl adjacent to an activating group) is 1. The van der Waals surface area contributed by atoms with Crippen molar-refractivity contribution in [3.8, 4) is 0 Å². The number of rotatable bonds is 2. The first-order chi connectivity index (χ1) is 8.15. The Balaban J connectivity index is 1.86. The standard InChI is InChI=1S/C12H11ClN2O2/c1-2-14-11(16)9-10(12(14)17)15(9)8-5-3-7(13)4-6-8/h3-6,9-10H,2H2,1H3. The highest BCUT2D eigenvalue weighted by atomic mass is 35.5. The third-order valence-electron chi connectivity index (χ3n) is 3.29. The summed E-state index contributed by atoms with van der Waals surface area (Å²) in [4.78, 5) is 26.9. The molecule has 0 saturated carbocycles. The number of hydrogen-bond acceptors (Lipinski definition) is 3. The monoisotopic (exact) mass is 250 g/mol. The minimum atomic E-state index is -0.288. The molecule has 0 aromatic heterocycles. The fraction of sp³-hybridized carbons (Fsp3) is 0.333. The first kappa shape index (κ1) is 10.6. The second-order valence-electron chi connectivity index (χ2n) is 4.19. The van der Waals surface area contributed by atoms with Crippen molar-refractivity contribution in [3.05, 3.63) is 29.3 Å². The minimum Gasteiger partial charge on any atom is -0.343 e. The van der Waals surface area contributed by atoms with E-state index in [1.165, 1.54) is 4.90 Å². The van der Waals surface area contributed by atoms with E-state index in [9.17, 15) is 9.59 Å². The van der Waals surface area contributed by atoms with E-state index >= 15 is 0 Å². The van der Waals surface area contributed by atoms with Crippen LogP contribution in [-0.2, 0) is 9.59 Å². The van der Waals surface area contributed by atoms with E-state index in [1.54, 1.807) is 12.1 Å². The number of anilines is 1. The molecule has 0 aliphatic carbocycles. The van der Waals surface area contributed by atoms with Crippen LogP contribution in [0, 0.1) is 0 Å². The van der Waals surface area contributed by atoms with E-state index in [0.29, 0.717) is 11.6 Å². The van der Waals surface area contributed by atoms with Gasteiger partial charge in [0.15, 0.2) is 0 Å². The first-order valence-corrected chi connectivity index (χ1v) is 5.92. The van der Waals surface area contributed by atoms with Gasteiger partial charge in [0.2, 0.25) is 0 Å². The van der Waals surface area contributed by atoms with Crippen molar-refractivity contribution in [2.75, 3.05) is 11.4 Å². The normalized spacial score (nSPS) is 26.5. The summed E-state index contributed by atoms with van der Waals surface area (Å²) >= 11 is 5.80. The zero-order valence-corrected chi connectivity index (χ0v) is 10.0. The SMILES string of the molecule is CCN1C(=O)C2C(C1=O)N2c1ccc(Cl)cc1. The molecule has 2 saturated heterocycles. The highest BCUT2D eigenvalue weighted by Gasteiger charge is 2.65. The van der Waals surface area contributed by atoms with Gasteiger partial charge in [-0.3, -0.25) is 14.5 Å². The Bertz CT molecular complexity index is 478. The van der Waals surface area contributed by atoms with Gasteiger partial charge in [0.05, 0.1) is 0 Å². The molecular formula is C12H11ClN2O2. The molecule has 2 aliphatic rings. The Morgan fingerprint density at radius 1 is 1.12 bits per heavy atom. The van der Waals surface area contributed by atoms with E-state index in [-0.39, 0.29) is 23.9 Å². The van der Waals surface area contributed by atoms with Crippen LogP contribution in [0.3, 0.4) is 0 Å². The average molecular weight is 251 g/mol. The van der Waals surface area contributed by atoms with Gasteiger partial charge in [0.1, 0.15) is 12.1 Å². The van der Waals surface area contributed by atoms with Gasteiger partial charge in [-0.15, -0.1) is 0 Å². The predicted octanol–water partition coefficient (Wildman–Crippen LogP) is 1.29. The lowest BCUT2D eigenvalue weighted by Crippen LogP contribution is -2.38. The fourth-order valence-electron chi connectivity index (χ4n) is 2.41. The van der Waals surface area contributed by atoms with Gasteiger partial charge in [0, 0.05) is 17.3 Å². The molecule has 2 heterocycles. The summed E-state index contributed by atoms with van der Waals surface area (Å²) in [7, 11) is 0. The summed E-state index contributed by atoms with van der Waals surface area (Å²) in [5.41, 5.74) is 0.877. The van der Waals surface area contributed by atoms with Crippen LogP contribution in [0.2, 0.25) is 5.02 Å². The molecule has 2 amide bonds. The highest BCUT2D eigenvalue weighted by Crippen LogP contribution is 2.42. The summed E-state index contributed by atoms with van der Waals surface area (Å²) < 4.78 is 0. The number of halogens is 1. The van der Waals surface area contributed by atoms with Crippen molar-refractivity contribution in [2.45, 2.75) is 19.0 Å². The highest BCUT2D eigenvalue weighted by molar-refractivity contribution is 6.30. The quantitative estimate of drug-likeness (QED) is 0.587. The van der Waals surface area contributed by atoms with Crippen LogP contribution < -0.4 is 4.90 Å².